The zero-order chi connectivity index (χ0) is 23.7. The number of piperidine rings is 1. The first-order valence-corrected chi connectivity index (χ1v) is 12.4. The Balaban J connectivity index is 1.29. The molecule has 0 bridgehead atoms. The lowest BCUT2D eigenvalue weighted by molar-refractivity contribution is -0.125. The van der Waals surface area contributed by atoms with Crippen molar-refractivity contribution in [2.45, 2.75) is 33.2 Å². The molecule has 176 valence electrons. The van der Waals surface area contributed by atoms with Crippen molar-refractivity contribution in [3.05, 3.63) is 65.4 Å². The summed E-state index contributed by atoms with van der Waals surface area (Å²) in [6.45, 7) is 6.22. The van der Waals surface area contributed by atoms with Crippen LogP contribution in [0.4, 0.5) is 5.13 Å². The van der Waals surface area contributed by atoms with Gasteiger partial charge >= 0.3 is 0 Å². The van der Waals surface area contributed by atoms with Crippen LogP contribution in [0.2, 0.25) is 0 Å². The Bertz CT molecular complexity index is 1290. The average molecular weight is 476 g/mol. The summed E-state index contributed by atoms with van der Waals surface area (Å²) in [5.41, 5.74) is 5.14. The lowest BCUT2D eigenvalue weighted by Gasteiger charge is -2.31. The lowest BCUT2D eigenvalue weighted by atomic mass is 9.97. The molecule has 5 rings (SSSR count). The smallest absolute Gasteiger partial charge is 0.225 e. The summed E-state index contributed by atoms with van der Waals surface area (Å²) in [4.78, 5) is 20.1. The van der Waals surface area contributed by atoms with Gasteiger partial charge < -0.3 is 15.0 Å². The molecule has 0 radical (unpaired) electrons. The minimum atomic E-state index is -0.0475. The van der Waals surface area contributed by atoms with Gasteiger partial charge in [-0.05, 0) is 56.5 Å². The van der Waals surface area contributed by atoms with E-state index in [0.29, 0.717) is 13.1 Å². The second-order valence-corrected chi connectivity index (χ2v) is 9.81. The van der Waals surface area contributed by atoms with Crippen molar-refractivity contribution in [2.75, 3.05) is 25.1 Å². The van der Waals surface area contributed by atoms with Gasteiger partial charge in [0, 0.05) is 19.6 Å². The maximum absolute atomic E-state index is 12.9. The van der Waals surface area contributed by atoms with Crippen LogP contribution in [-0.4, -0.2) is 40.9 Å². The summed E-state index contributed by atoms with van der Waals surface area (Å²) in [7, 11) is 1.65. The van der Waals surface area contributed by atoms with Crippen LogP contribution < -0.4 is 15.0 Å². The number of hydrogen-bond donors (Lipinski definition) is 1. The molecule has 0 unspecified atom stereocenters. The van der Waals surface area contributed by atoms with E-state index in [1.807, 2.05) is 35.9 Å². The van der Waals surface area contributed by atoms with Crippen molar-refractivity contribution in [3.63, 3.8) is 0 Å². The van der Waals surface area contributed by atoms with Gasteiger partial charge in [0.2, 0.25) is 5.91 Å². The molecule has 1 N–H and O–H groups in total. The number of carbonyl (C=O) groups excluding carboxylic acids is 1. The summed E-state index contributed by atoms with van der Waals surface area (Å²) in [5, 5.41) is 8.79. The Morgan fingerprint density at radius 2 is 1.91 bits per heavy atom. The SMILES string of the molecule is COc1ccc(CNC(=O)[C@H]2CCCN(c3nc4c(s3)c(C)nn4-c3ccc(C)cc3)C2)cc1. The molecular formula is C26H29N5O2S. The van der Waals surface area contributed by atoms with Gasteiger partial charge in [0.05, 0.1) is 29.1 Å². The van der Waals surface area contributed by atoms with E-state index in [9.17, 15) is 4.79 Å². The molecular weight excluding hydrogens is 446 g/mol. The molecule has 7 nitrogen and oxygen atoms in total. The van der Waals surface area contributed by atoms with Crippen LogP contribution in [0.15, 0.2) is 48.5 Å². The fourth-order valence-corrected chi connectivity index (χ4v) is 5.39. The number of aromatic nitrogens is 3. The number of aryl methyl sites for hydroxylation is 2. The van der Waals surface area contributed by atoms with Crippen molar-refractivity contribution < 1.29 is 9.53 Å². The molecule has 8 heteroatoms. The monoisotopic (exact) mass is 475 g/mol. The third-order valence-electron chi connectivity index (χ3n) is 6.34. The Kier molecular flexibility index (Phi) is 6.24. The summed E-state index contributed by atoms with van der Waals surface area (Å²) in [5.74, 6) is 0.868. The Morgan fingerprint density at radius 1 is 1.15 bits per heavy atom. The van der Waals surface area contributed by atoms with E-state index < -0.39 is 0 Å². The van der Waals surface area contributed by atoms with E-state index >= 15 is 0 Å². The molecule has 34 heavy (non-hydrogen) atoms. The summed E-state index contributed by atoms with van der Waals surface area (Å²) in [6.07, 6.45) is 1.87. The minimum Gasteiger partial charge on any atom is -0.497 e. The number of amides is 1. The molecule has 2 aromatic heterocycles. The van der Waals surface area contributed by atoms with Crippen molar-refractivity contribution in [3.8, 4) is 11.4 Å². The molecule has 0 spiro atoms. The zero-order valence-electron chi connectivity index (χ0n) is 19.7. The van der Waals surface area contributed by atoms with Gasteiger partial charge in [0.1, 0.15) is 5.75 Å². The molecule has 1 atom stereocenters. The number of ether oxygens (including phenoxy) is 1. The normalized spacial score (nSPS) is 16.1. The highest BCUT2D eigenvalue weighted by Gasteiger charge is 2.28. The third-order valence-corrected chi connectivity index (χ3v) is 7.56. The van der Waals surface area contributed by atoms with Gasteiger partial charge in [-0.15, -0.1) is 0 Å². The van der Waals surface area contributed by atoms with Crippen LogP contribution >= 0.6 is 11.3 Å². The van der Waals surface area contributed by atoms with Crippen molar-refractivity contribution in [1.29, 1.82) is 0 Å². The van der Waals surface area contributed by atoms with Crippen LogP contribution in [0.3, 0.4) is 0 Å². The third kappa shape index (κ3) is 4.50. The van der Waals surface area contributed by atoms with Crippen LogP contribution in [0.1, 0.15) is 29.7 Å². The van der Waals surface area contributed by atoms with Gasteiger partial charge in [0.15, 0.2) is 10.8 Å². The average Bonchev–Trinajstić information content (AvgIpc) is 3.44. The molecule has 1 fully saturated rings. The van der Waals surface area contributed by atoms with E-state index in [2.05, 4.69) is 41.4 Å². The number of hydrogen-bond acceptors (Lipinski definition) is 6. The maximum atomic E-state index is 12.9. The van der Waals surface area contributed by atoms with E-state index in [-0.39, 0.29) is 11.8 Å². The number of thiazole rings is 1. The van der Waals surface area contributed by atoms with Gasteiger partial charge in [0.25, 0.3) is 0 Å². The number of rotatable bonds is 6. The van der Waals surface area contributed by atoms with E-state index in [4.69, 9.17) is 14.8 Å². The highest BCUT2D eigenvalue weighted by molar-refractivity contribution is 7.22. The number of nitrogens with zero attached hydrogens (tertiary/aromatic N) is 4. The number of anilines is 1. The predicted octanol–water partition coefficient (Wildman–Crippen LogP) is 4.64. The first-order valence-electron chi connectivity index (χ1n) is 11.6. The number of fused-ring (bicyclic) bond motifs is 1. The molecule has 3 heterocycles. The lowest BCUT2D eigenvalue weighted by Crippen LogP contribution is -2.43. The van der Waals surface area contributed by atoms with Gasteiger partial charge in [-0.1, -0.05) is 41.2 Å². The number of carbonyl (C=O) groups is 1. The minimum absolute atomic E-state index is 0.0475. The highest BCUT2D eigenvalue weighted by Crippen LogP contribution is 2.34. The number of nitrogens with one attached hydrogen (secondary N) is 1. The van der Waals surface area contributed by atoms with E-state index in [1.165, 1.54) is 5.56 Å². The van der Waals surface area contributed by atoms with Gasteiger partial charge in [-0.25, -0.2) is 4.68 Å². The van der Waals surface area contributed by atoms with Crippen molar-refractivity contribution in [1.82, 2.24) is 20.1 Å². The summed E-state index contributed by atoms with van der Waals surface area (Å²) < 4.78 is 8.22. The van der Waals surface area contributed by atoms with Crippen LogP contribution in [0, 0.1) is 19.8 Å². The standard InChI is InChI=1S/C26H29N5O2S/c1-17-6-10-21(11-7-17)31-24-23(18(2)29-31)34-26(28-24)30-14-4-5-20(16-30)25(32)27-15-19-8-12-22(33-3)13-9-19/h6-13,20H,4-5,14-16H2,1-3H3,(H,27,32)/t20-/m0/s1. The molecule has 1 saturated heterocycles. The van der Waals surface area contributed by atoms with Crippen molar-refractivity contribution >= 4 is 32.7 Å². The first kappa shape index (κ1) is 22.4. The molecule has 0 aliphatic carbocycles. The fraction of sp³-hybridized carbons (Fsp3) is 0.346. The predicted molar refractivity (Wildman–Crippen MR) is 136 cm³/mol. The molecule has 1 aliphatic heterocycles. The van der Waals surface area contributed by atoms with Crippen LogP contribution in [0.5, 0.6) is 5.75 Å². The molecule has 4 aromatic rings. The topological polar surface area (TPSA) is 72.3 Å². The van der Waals surface area contributed by atoms with Crippen LogP contribution in [-0.2, 0) is 11.3 Å². The zero-order valence-corrected chi connectivity index (χ0v) is 20.6. The van der Waals surface area contributed by atoms with E-state index in [1.54, 1.807) is 18.4 Å². The van der Waals surface area contributed by atoms with Gasteiger partial charge in [-0.3, -0.25) is 4.79 Å². The quantitative estimate of drug-likeness (QED) is 0.440. The Morgan fingerprint density at radius 3 is 2.65 bits per heavy atom. The molecule has 1 aliphatic rings. The van der Waals surface area contributed by atoms with Gasteiger partial charge in [-0.2, -0.15) is 10.1 Å². The summed E-state index contributed by atoms with van der Waals surface area (Å²) in [6, 6.07) is 16.1. The first-order chi connectivity index (χ1) is 16.5. The Hall–Kier alpha value is -3.39. The summed E-state index contributed by atoms with van der Waals surface area (Å²) >= 11 is 1.66. The highest BCUT2D eigenvalue weighted by atomic mass is 32.1. The number of methoxy groups -OCH3 is 1. The Labute approximate surface area is 203 Å². The van der Waals surface area contributed by atoms with E-state index in [0.717, 1.165) is 57.6 Å². The molecule has 0 saturated carbocycles. The second-order valence-electron chi connectivity index (χ2n) is 8.83. The maximum Gasteiger partial charge on any atom is 0.225 e. The van der Waals surface area contributed by atoms with Crippen LogP contribution in [0.25, 0.3) is 16.0 Å². The molecule has 2 aromatic carbocycles. The number of benzene rings is 2. The largest absolute Gasteiger partial charge is 0.497 e. The van der Waals surface area contributed by atoms with Crippen molar-refractivity contribution in [2.24, 2.45) is 5.92 Å². The molecule has 1 amide bonds. The second kappa shape index (κ2) is 9.46. The fourth-order valence-electron chi connectivity index (χ4n) is 4.37.